The molecule has 0 aliphatic rings. The molecule has 0 bridgehead atoms. The maximum absolute atomic E-state index is 10.3. The number of phenols is 1. The van der Waals surface area contributed by atoms with Crippen molar-refractivity contribution in [2.24, 2.45) is 0 Å². The summed E-state index contributed by atoms with van der Waals surface area (Å²) < 4.78 is 0. The van der Waals surface area contributed by atoms with E-state index in [2.05, 4.69) is 20.6 Å². The van der Waals surface area contributed by atoms with Gasteiger partial charge in [-0.25, -0.2) is 5.10 Å². The first-order valence-electron chi connectivity index (χ1n) is 5.79. The second kappa shape index (κ2) is 4.82. The van der Waals surface area contributed by atoms with E-state index in [-0.39, 0.29) is 11.4 Å². The molecule has 4 N–H and O–H groups in total. The zero-order valence-electron chi connectivity index (χ0n) is 10.2. The van der Waals surface area contributed by atoms with E-state index < -0.39 is 0 Å². The van der Waals surface area contributed by atoms with E-state index in [1.54, 1.807) is 6.07 Å². The van der Waals surface area contributed by atoms with Crippen molar-refractivity contribution in [1.29, 1.82) is 0 Å². The van der Waals surface area contributed by atoms with Gasteiger partial charge in [0.2, 0.25) is 0 Å². The van der Waals surface area contributed by atoms with Crippen molar-refractivity contribution in [3.63, 3.8) is 0 Å². The fraction of sp³-hybridized carbons (Fsp3) is 0. The van der Waals surface area contributed by atoms with Crippen LogP contribution in [0.5, 0.6) is 5.75 Å². The normalized spacial score (nSPS) is 10.7. The van der Waals surface area contributed by atoms with Gasteiger partial charge in [0.25, 0.3) is 0 Å². The summed E-state index contributed by atoms with van der Waals surface area (Å²) in [6, 6.07) is 11.0. The number of hydrogen-bond acceptors (Lipinski definition) is 5. The Morgan fingerprint density at radius 1 is 1.20 bits per heavy atom. The standard InChI is InChI=1S/C13H10ClN5O/c14-9-6-8(7-4-2-1-3-5-7)12(20)11(15)10(9)13-16-18-19-17-13/h1-6,20H,15H2,(H,16,17,18,19). The van der Waals surface area contributed by atoms with Crippen LogP contribution in [-0.4, -0.2) is 25.7 Å². The average Bonchev–Trinajstić information content (AvgIpc) is 2.98. The van der Waals surface area contributed by atoms with Crippen molar-refractivity contribution in [1.82, 2.24) is 20.6 Å². The van der Waals surface area contributed by atoms with E-state index in [0.717, 1.165) is 5.56 Å². The molecule has 0 spiro atoms. The van der Waals surface area contributed by atoms with Gasteiger partial charge in [-0.05, 0) is 22.1 Å². The number of H-pyrrole nitrogens is 1. The lowest BCUT2D eigenvalue weighted by Crippen LogP contribution is -1.96. The highest BCUT2D eigenvalue weighted by molar-refractivity contribution is 6.34. The van der Waals surface area contributed by atoms with Crippen molar-refractivity contribution < 1.29 is 5.11 Å². The van der Waals surface area contributed by atoms with Gasteiger partial charge in [-0.15, -0.1) is 5.10 Å². The second-order valence-corrected chi connectivity index (χ2v) is 4.57. The minimum absolute atomic E-state index is 0.0491. The molecule has 0 fully saturated rings. The largest absolute Gasteiger partial charge is 0.505 e. The minimum atomic E-state index is -0.0491. The van der Waals surface area contributed by atoms with E-state index in [1.165, 1.54) is 0 Å². The summed E-state index contributed by atoms with van der Waals surface area (Å²) in [5.74, 6) is 0.259. The van der Waals surface area contributed by atoms with E-state index in [9.17, 15) is 5.11 Å². The molecule has 3 rings (SSSR count). The molecule has 0 unspecified atom stereocenters. The topological polar surface area (TPSA) is 101 Å². The molecule has 0 atom stereocenters. The number of aromatic amines is 1. The lowest BCUT2D eigenvalue weighted by molar-refractivity contribution is 0.480. The van der Waals surface area contributed by atoms with E-state index >= 15 is 0 Å². The Labute approximate surface area is 119 Å². The molecule has 3 aromatic rings. The summed E-state index contributed by atoms with van der Waals surface area (Å²) in [4.78, 5) is 0. The fourth-order valence-corrected chi connectivity index (χ4v) is 2.30. The second-order valence-electron chi connectivity index (χ2n) is 4.16. The third-order valence-corrected chi connectivity index (χ3v) is 3.25. The van der Waals surface area contributed by atoms with Gasteiger partial charge < -0.3 is 10.8 Å². The maximum atomic E-state index is 10.3. The van der Waals surface area contributed by atoms with Crippen molar-refractivity contribution in [3.05, 3.63) is 41.4 Å². The fourth-order valence-electron chi connectivity index (χ4n) is 2.00. The zero-order chi connectivity index (χ0) is 14.1. The van der Waals surface area contributed by atoms with Crippen LogP contribution in [0.2, 0.25) is 5.02 Å². The molecular weight excluding hydrogens is 278 g/mol. The number of nitrogens with zero attached hydrogens (tertiary/aromatic N) is 3. The lowest BCUT2D eigenvalue weighted by Gasteiger charge is -2.12. The molecule has 0 saturated heterocycles. The highest BCUT2D eigenvalue weighted by atomic mass is 35.5. The predicted octanol–water partition coefficient (Wildman–Crippen LogP) is 2.47. The number of nitrogen functional groups attached to an aromatic ring is 1. The van der Waals surface area contributed by atoms with Crippen molar-refractivity contribution in [3.8, 4) is 28.3 Å². The minimum Gasteiger partial charge on any atom is -0.505 e. The summed E-state index contributed by atoms with van der Waals surface area (Å²) in [5, 5.41) is 23.9. The molecule has 0 aliphatic heterocycles. The predicted molar refractivity (Wildman–Crippen MR) is 76.1 cm³/mol. The third-order valence-electron chi connectivity index (χ3n) is 2.96. The number of halogens is 1. The third kappa shape index (κ3) is 1.96. The average molecular weight is 288 g/mol. The number of benzene rings is 2. The van der Waals surface area contributed by atoms with Gasteiger partial charge >= 0.3 is 0 Å². The lowest BCUT2D eigenvalue weighted by atomic mass is 10.0. The van der Waals surface area contributed by atoms with E-state index in [0.29, 0.717) is 22.0 Å². The molecular formula is C13H10ClN5O. The van der Waals surface area contributed by atoms with Crippen LogP contribution in [0.3, 0.4) is 0 Å². The molecule has 0 amide bonds. The number of nitrogens with one attached hydrogen (secondary N) is 1. The molecule has 0 saturated carbocycles. The smallest absolute Gasteiger partial charge is 0.183 e. The van der Waals surface area contributed by atoms with Crippen LogP contribution in [-0.2, 0) is 0 Å². The first-order chi connectivity index (χ1) is 9.68. The number of aromatic nitrogens is 4. The van der Waals surface area contributed by atoms with Crippen LogP contribution >= 0.6 is 11.6 Å². The number of tetrazole rings is 1. The van der Waals surface area contributed by atoms with Crippen LogP contribution in [0.15, 0.2) is 36.4 Å². The highest BCUT2D eigenvalue weighted by Gasteiger charge is 2.19. The van der Waals surface area contributed by atoms with Gasteiger partial charge in [-0.2, -0.15) is 0 Å². The van der Waals surface area contributed by atoms with Gasteiger partial charge in [-0.1, -0.05) is 41.9 Å². The summed E-state index contributed by atoms with van der Waals surface area (Å²) in [7, 11) is 0. The Hall–Kier alpha value is -2.60. The Kier molecular flexibility index (Phi) is 3.00. The first kappa shape index (κ1) is 12.4. The van der Waals surface area contributed by atoms with Gasteiger partial charge in [0.1, 0.15) is 5.75 Å². The number of nitrogens with two attached hydrogens (primary N) is 1. The van der Waals surface area contributed by atoms with Crippen LogP contribution in [0.4, 0.5) is 5.69 Å². The molecule has 7 heteroatoms. The molecule has 100 valence electrons. The van der Waals surface area contributed by atoms with Gasteiger partial charge in [0, 0.05) is 5.56 Å². The van der Waals surface area contributed by atoms with Crippen molar-refractivity contribution in [2.75, 3.05) is 5.73 Å². The van der Waals surface area contributed by atoms with E-state index in [4.69, 9.17) is 17.3 Å². The Morgan fingerprint density at radius 3 is 2.60 bits per heavy atom. The Morgan fingerprint density at radius 2 is 1.95 bits per heavy atom. The zero-order valence-corrected chi connectivity index (χ0v) is 11.0. The number of rotatable bonds is 2. The van der Waals surface area contributed by atoms with Crippen LogP contribution < -0.4 is 5.73 Å². The SMILES string of the molecule is Nc1c(O)c(-c2ccccc2)cc(Cl)c1-c1nnn[nH]1. The number of anilines is 1. The quantitative estimate of drug-likeness (QED) is 0.496. The molecule has 2 aromatic carbocycles. The number of phenolic OH excluding ortho intramolecular Hbond substituents is 1. The summed E-state index contributed by atoms with van der Waals surface area (Å²) in [6.45, 7) is 0. The van der Waals surface area contributed by atoms with Crippen LogP contribution in [0.1, 0.15) is 0 Å². The monoisotopic (exact) mass is 287 g/mol. The summed E-state index contributed by atoms with van der Waals surface area (Å²) in [5.41, 5.74) is 7.86. The molecule has 1 heterocycles. The highest BCUT2D eigenvalue weighted by Crippen LogP contribution is 2.43. The van der Waals surface area contributed by atoms with Gasteiger partial charge in [0.05, 0.1) is 16.3 Å². The summed E-state index contributed by atoms with van der Waals surface area (Å²) in [6.07, 6.45) is 0. The van der Waals surface area contributed by atoms with Crippen LogP contribution in [0, 0.1) is 0 Å². The van der Waals surface area contributed by atoms with Crippen molar-refractivity contribution in [2.45, 2.75) is 0 Å². The molecule has 1 aromatic heterocycles. The molecule has 0 aliphatic carbocycles. The van der Waals surface area contributed by atoms with Crippen molar-refractivity contribution >= 4 is 17.3 Å². The Bertz CT molecular complexity index is 743. The number of hydrogen-bond donors (Lipinski definition) is 3. The van der Waals surface area contributed by atoms with Crippen LogP contribution in [0.25, 0.3) is 22.5 Å². The Balaban J connectivity index is 2.23. The molecule has 0 radical (unpaired) electrons. The first-order valence-corrected chi connectivity index (χ1v) is 6.16. The maximum Gasteiger partial charge on any atom is 0.183 e. The van der Waals surface area contributed by atoms with E-state index in [1.807, 2.05) is 30.3 Å². The summed E-state index contributed by atoms with van der Waals surface area (Å²) >= 11 is 6.24. The van der Waals surface area contributed by atoms with Gasteiger partial charge in [0.15, 0.2) is 5.82 Å². The molecule has 6 nitrogen and oxygen atoms in total. The molecule has 20 heavy (non-hydrogen) atoms. The van der Waals surface area contributed by atoms with Gasteiger partial charge in [-0.3, -0.25) is 0 Å². The number of aromatic hydroxyl groups is 1.